The van der Waals surface area contributed by atoms with Crippen molar-refractivity contribution in [3.63, 3.8) is 0 Å². The van der Waals surface area contributed by atoms with Crippen molar-refractivity contribution in [1.29, 1.82) is 0 Å². The van der Waals surface area contributed by atoms with Gasteiger partial charge in [-0.2, -0.15) is 0 Å². The van der Waals surface area contributed by atoms with Crippen LogP contribution in [0.3, 0.4) is 0 Å². The van der Waals surface area contributed by atoms with Gasteiger partial charge in [0.05, 0.1) is 5.92 Å². The lowest BCUT2D eigenvalue weighted by Gasteiger charge is -2.47. The summed E-state index contributed by atoms with van der Waals surface area (Å²) in [4.78, 5) is 12.9. The molecule has 0 amide bonds. The molecule has 6 heteroatoms. The molecule has 2 N–H and O–H groups in total. The third-order valence-corrected chi connectivity index (χ3v) is 5.81. The Balaban J connectivity index is 1.82. The summed E-state index contributed by atoms with van der Waals surface area (Å²) >= 11 is 3.46. The van der Waals surface area contributed by atoms with Gasteiger partial charge in [-0.05, 0) is 30.7 Å². The van der Waals surface area contributed by atoms with Crippen molar-refractivity contribution in [2.75, 3.05) is 12.8 Å². The minimum Gasteiger partial charge on any atom is -0.426 e. The highest BCUT2D eigenvalue weighted by Gasteiger charge is 2.52. The number of rotatable bonds is 2. The van der Waals surface area contributed by atoms with Gasteiger partial charge in [0.2, 0.25) is 0 Å². The van der Waals surface area contributed by atoms with Crippen LogP contribution in [0.1, 0.15) is 36.5 Å². The molecular formula is C20H20BrNO4. The number of benzene rings is 2. The van der Waals surface area contributed by atoms with E-state index in [9.17, 15) is 4.79 Å². The molecule has 2 aliphatic heterocycles. The van der Waals surface area contributed by atoms with Gasteiger partial charge in [-0.1, -0.05) is 34.1 Å². The quantitative estimate of drug-likeness (QED) is 0.450. The van der Waals surface area contributed by atoms with Crippen molar-refractivity contribution >= 4 is 27.6 Å². The lowest BCUT2D eigenvalue weighted by Crippen LogP contribution is -2.49. The van der Waals surface area contributed by atoms with E-state index in [1.807, 2.05) is 37.3 Å². The summed E-state index contributed by atoms with van der Waals surface area (Å²) in [6.07, 6.45) is 0.116. The van der Waals surface area contributed by atoms with Gasteiger partial charge in [-0.3, -0.25) is 4.79 Å². The highest BCUT2D eigenvalue weighted by Crippen LogP contribution is 2.53. The minimum atomic E-state index is -0.796. The van der Waals surface area contributed by atoms with Crippen molar-refractivity contribution in [2.24, 2.45) is 5.92 Å². The second-order valence-electron chi connectivity index (χ2n) is 6.98. The summed E-state index contributed by atoms with van der Waals surface area (Å²) < 4.78 is 18.5. The smallest absolute Gasteiger partial charge is 0.317 e. The number of ether oxygens (including phenoxy) is 3. The normalized spacial score (nSPS) is 30.3. The van der Waals surface area contributed by atoms with Crippen molar-refractivity contribution < 1.29 is 19.0 Å². The van der Waals surface area contributed by atoms with Crippen LogP contribution in [-0.2, 0) is 14.3 Å². The standard InChI is InChI=1S/C20H20BrNO4/c1-20(24-2)10-15(11-3-5-12(21)6-4-11)17-18(26-20)14-8-7-13(22)9-16(14)25-19(17)23/h3-9,15,17-18H,10,22H2,1-2H3. The van der Waals surface area contributed by atoms with E-state index in [2.05, 4.69) is 15.9 Å². The zero-order chi connectivity index (χ0) is 18.5. The van der Waals surface area contributed by atoms with Gasteiger partial charge in [-0.25, -0.2) is 0 Å². The molecule has 0 spiro atoms. The molecule has 2 aromatic rings. The number of carbonyl (C=O) groups is 1. The predicted molar refractivity (Wildman–Crippen MR) is 101 cm³/mol. The van der Waals surface area contributed by atoms with Crippen LogP contribution >= 0.6 is 15.9 Å². The van der Waals surface area contributed by atoms with E-state index >= 15 is 0 Å². The second kappa shape index (κ2) is 6.37. The van der Waals surface area contributed by atoms with Crippen LogP contribution in [0.25, 0.3) is 0 Å². The number of carbonyl (C=O) groups excluding carboxylic acids is 1. The van der Waals surface area contributed by atoms with Crippen molar-refractivity contribution in [3.05, 3.63) is 58.1 Å². The molecule has 4 atom stereocenters. The fourth-order valence-corrected chi connectivity index (χ4v) is 4.15. The molecule has 0 aliphatic carbocycles. The Morgan fingerprint density at radius 3 is 2.65 bits per heavy atom. The number of methoxy groups -OCH3 is 1. The van der Waals surface area contributed by atoms with E-state index in [1.165, 1.54) is 0 Å². The summed E-state index contributed by atoms with van der Waals surface area (Å²) in [5.74, 6) is -1.14. The minimum absolute atomic E-state index is 0.0787. The molecule has 0 saturated carbocycles. The Morgan fingerprint density at radius 2 is 1.96 bits per heavy atom. The SMILES string of the molecule is COC1(C)CC(c2ccc(Br)cc2)C2C(=O)Oc3cc(N)ccc3C2O1. The summed E-state index contributed by atoms with van der Waals surface area (Å²) in [5.41, 5.74) is 8.28. The first-order valence-corrected chi connectivity index (χ1v) is 9.29. The zero-order valence-electron chi connectivity index (χ0n) is 14.6. The second-order valence-corrected chi connectivity index (χ2v) is 7.90. The third-order valence-electron chi connectivity index (χ3n) is 5.28. The first-order valence-electron chi connectivity index (χ1n) is 8.50. The van der Waals surface area contributed by atoms with Crippen LogP contribution in [0.4, 0.5) is 5.69 Å². The summed E-state index contributed by atoms with van der Waals surface area (Å²) in [6, 6.07) is 13.3. The lowest BCUT2D eigenvalue weighted by molar-refractivity contribution is -0.279. The summed E-state index contributed by atoms with van der Waals surface area (Å²) in [6.45, 7) is 1.91. The first kappa shape index (κ1) is 17.5. The van der Waals surface area contributed by atoms with Gasteiger partial charge in [0.15, 0.2) is 5.79 Å². The molecule has 2 aromatic carbocycles. The topological polar surface area (TPSA) is 70.8 Å². The number of halogens is 1. The monoisotopic (exact) mass is 417 g/mol. The lowest BCUT2D eigenvalue weighted by atomic mass is 9.73. The highest BCUT2D eigenvalue weighted by molar-refractivity contribution is 9.10. The predicted octanol–water partition coefficient (Wildman–Crippen LogP) is 4.17. The van der Waals surface area contributed by atoms with Crippen LogP contribution in [0, 0.1) is 5.92 Å². The molecule has 2 aliphatic rings. The Labute approximate surface area is 160 Å². The van der Waals surface area contributed by atoms with Gasteiger partial charge < -0.3 is 19.9 Å². The molecule has 1 fully saturated rings. The Bertz CT molecular complexity index is 853. The van der Waals surface area contributed by atoms with Gasteiger partial charge in [0.1, 0.15) is 11.9 Å². The van der Waals surface area contributed by atoms with Crippen LogP contribution in [0.2, 0.25) is 0 Å². The van der Waals surface area contributed by atoms with E-state index in [0.29, 0.717) is 17.9 Å². The molecule has 4 rings (SSSR count). The molecule has 1 saturated heterocycles. The number of nitrogen functional groups attached to an aromatic ring is 1. The fraction of sp³-hybridized carbons (Fsp3) is 0.350. The Kier molecular flexibility index (Phi) is 4.29. The molecule has 5 nitrogen and oxygen atoms in total. The van der Waals surface area contributed by atoms with Crippen molar-refractivity contribution in [3.8, 4) is 5.75 Å². The van der Waals surface area contributed by atoms with Crippen molar-refractivity contribution in [1.82, 2.24) is 0 Å². The molecule has 26 heavy (non-hydrogen) atoms. The van der Waals surface area contributed by atoms with Gasteiger partial charge in [-0.15, -0.1) is 0 Å². The maximum atomic E-state index is 12.9. The van der Waals surface area contributed by atoms with Gasteiger partial charge >= 0.3 is 5.97 Å². The van der Waals surface area contributed by atoms with Crippen LogP contribution in [-0.4, -0.2) is 18.9 Å². The highest BCUT2D eigenvalue weighted by atomic mass is 79.9. The largest absolute Gasteiger partial charge is 0.426 e. The van der Waals surface area contributed by atoms with Crippen molar-refractivity contribution in [2.45, 2.75) is 31.2 Å². The third kappa shape index (κ3) is 2.92. The fourth-order valence-electron chi connectivity index (χ4n) is 3.89. The van der Waals surface area contributed by atoms with Crippen LogP contribution in [0.5, 0.6) is 5.75 Å². The van der Waals surface area contributed by atoms with E-state index in [4.69, 9.17) is 19.9 Å². The molecule has 4 unspecified atom stereocenters. The first-order chi connectivity index (χ1) is 12.4. The van der Waals surface area contributed by atoms with Crippen LogP contribution in [0.15, 0.2) is 46.9 Å². The zero-order valence-corrected chi connectivity index (χ0v) is 16.2. The molecule has 0 aromatic heterocycles. The maximum absolute atomic E-state index is 12.9. The van der Waals surface area contributed by atoms with Gasteiger partial charge in [0, 0.05) is 41.2 Å². The maximum Gasteiger partial charge on any atom is 0.317 e. The van der Waals surface area contributed by atoms with Gasteiger partial charge in [0.25, 0.3) is 0 Å². The number of nitrogens with two attached hydrogens (primary N) is 1. The molecular weight excluding hydrogens is 398 g/mol. The van der Waals surface area contributed by atoms with E-state index in [1.54, 1.807) is 19.2 Å². The van der Waals surface area contributed by atoms with E-state index < -0.39 is 17.8 Å². The number of hydrogen-bond acceptors (Lipinski definition) is 5. The average Bonchev–Trinajstić information content (AvgIpc) is 2.61. The molecule has 0 radical (unpaired) electrons. The number of esters is 1. The number of fused-ring (bicyclic) bond motifs is 3. The summed E-state index contributed by atoms with van der Waals surface area (Å²) in [7, 11) is 1.63. The molecule has 2 heterocycles. The molecule has 0 bridgehead atoms. The average molecular weight is 418 g/mol. The Morgan fingerprint density at radius 1 is 1.23 bits per heavy atom. The van der Waals surface area contributed by atoms with E-state index in [-0.39, 0.29) is 11.9 Å². The summed E-state index contributed by atoms with van der Waals surface area (Å²) in [5, 5.41) is 0. The Hall–Kier alpha value is -1.89. The molecule has 136 valence electrons. The van der Waals surface area contributed by atoms with E-state index in [0.717, 1.165) is 15.6 Å². The number of anilines is 1. The number of hydrogen-bond donors (Lipinski definition) is 1. The van der Waals surface area contributed by atoms with Crippen LogP contribution < -0.4 is 10.5 Å².